The maximum Gasteiger partial charge on any atom is 0.524 e. The van der Waals surface area contributed by atoms with Gasteiger partial charge in [-0.05, 0) is 104 Å². The molecule has 0 saturated carbocycles. The Morgan fingerprint density at radius 1 is 0.478 bits per heavy atom. The molecule has 0 aliphatic carbocycles. The number of benzene rings is 4. The Morgan fingerprint density at radius 2 is 0.870 bits per heavy atom. The monoisotopic (exact) mass is 952 g/mol. The molecule has 0 unspecified atom stereocenters. The normalized spacial score (nSPS) is 16.6. The van der Waals surface area contributed by atoms with E-state index in [1.165, 1.54) is 98.8 Å². The lowest BCUT2D eigenvalue weighted by atomic mass is 10.0. The standard InChI is InChI=1S/C48H40O21/c1-26(2)41(50)60-24-62-46(55)65-34-19-13-31(14-20-34)43(52)64-33-17-11-32(12-18-33)45(54)68-38-23-59-39-37(22-58-40(38)39)67-44(53)30-7-5-28(6-8-30)21-36(49)29-9-15-35(16-10-29)66-48(57)69-47(56)63-25-61-42(51)27(3)4/h5-20,37-40H,1,3,21-25H2,2,4H3/t37-,38+,39-,40-/m1/s1. The Kier molecular flexibility index (Phi) is 16.7. The molecule has 21 nitrogen and oxygen atoms in total. The zero-order valence-corrected chi connectivity index (χ0v) is 36.6. The molecule has 2 fully saturated rings. The predicted octanol–water partition coefficient (Wildman–Crippen LogP) is 6.20. The number of ketones is 1. The number of hydrogen-bond acceptors (Lipinski definition) is 21. The van der Waals surface area contributed by atoms with Gasteiger partial charge in [-0.15, -0.1) is 0 Å². The van der Waals surface area contributed by atoms with Crippen LogP contribution in [-0.4, -0.2) is 105 Å². The minimum atomic E-state index is -1.48. The summed E-state index contributed by atoms with van der Waals surface area (Å²) in [5.74, 6) is -3.87. The molecule has 0 N–H and O–H groups in total. The molecule has 4 aromatic carbocycles. The van der Waals surface area contributed by atoms with Gasteiger partial charge in [0.25, 0.3) is 0 Å². The second kappa shape index (κ2) is 23.2. The third kappa shape index (κ3) is 14.2. The van der Waals surface area contributed by atoms with Crippen LogP contribution in [0.4, 0.5) is 14.4 Å². The van der Waals surface area contributed by atoms with E-state index in [9.17, 15) is 43.2 Å². The van der Waals surface area contributed by atoms with Gasteiger partial charge in [-0.1, -0.05) is 25.3 Å². The van der Waals surface area contributed by atoms with Gasteiger partial charge in [0, 0.05) is 23.1 Å². The van der Waals surface area contributed by atoms with Gasteiger partial charge in [0.15, 0.2) is 18.0 Å². The van der Waals surface area contributed by atoms with Gasteiger partial charge < -0.3 is 56.8 Å². The minimum Gasteiger partial charge on any atom is -0.453 e. The van der Waals surface area contributed by atoms with Gasteiger partial charge in [0.2, 0.25) is 13.6 Å². The first kappa shape index (κ1) is 49.7. The lowest BCUT2D eigenvalue weighted by Crippen LogP contribution is -2.36. The SMILES string of the molecule is C=C(C)C(=O)OCOC(=O)OC(=O)Oc1ccc(C(=O)Cc2ccc(C(=O)O[C@@H]3CO[C@H]4[C@@H]3OC[C@@H]4OC(=O)c3ccc(OC(=O)c4ccc(OC(=O)OCOC(=O)C(=C)C)cc4)cc3)cc2)cc1. The molecule has 4 aromatic rings. The molecule has 4 atom stereocenters. The van der Waals surface area contributed by atoms with E-state index in [4.69, 9.17) is 33.2 Å². The average molecular weight is 953 g/mol. The van der Waals surface area contributed by atoms with Gasteiger partial charge in [-0.25, -0.2) is 38.4 Å². The van der Waals surface area contributed by atoms with Crippen LogP contribution in [0.3, 0.4) is 0 Å². The highest BCUT2D eigenvalue weighted by molar-refractivity contribution is 5.98. The fraction of sp³-hybridized carbons (Fsp3) is 0.229. The van der Waals surface area contributed by atoms with Crippen LogP contribution in [0.25, 0.3) is 0 Å². The molecule has 0 amide bonds. The summed E-state index contributed by atoms with van der Waals surface area (Å²) in [4.78, 5) is 110. The number of carbonyl (C=O) groups is 9. The second-order valence-corrected chi connectivity index (χ2v) is 14.7. The fourth-order valence-electron chi connectivity index (χ4n) is 6.13. The van der Waals surface area contributed by atoms with E-state index in [0.717, 1.165) is 0 Å². The van der Waals surface area contributed by atoms with Crippen molar-refractivity contribution in [3.05, 3.63) is 149 Å². The highest BCUT2D eigenvalue weighted by Crippen LogP contribution is 2.32. The third-order valence-electron chi connectivity index (χ3n) is 9.60. The van der Waals surface area contributed by atoms with Crippen molar-refractivity contribution in [2.45, 2.75) is 44.7 Å². The van der Waals surface area contributed by atoms with Crippen LogP contribution in [0, 0.1) is 0 Å². The highest BCUT2D eigenvalue weighted by atomic mass is 16.8. The topological polar surface area (TPSA) is 264 Å². The average Bonchev–Trinajstić information content (AvgIpc) is 3.92. The zero-order valence-electron chi connectivity index (χ0n) is 36.6. The summed E-state index contributed by atoms with van der Waals surface area (Å²) >= 11 is 0. The first-order chi connectivity index (χ1) is 33.0. The van der Waals surface area contributed by atoms with Crippen LogP contribution in [0.1, 0.15) is 60.8 Å². The van der Waals surface area contributed by atoms with E-state index in [1.807, 2.05) is 0 Å². The first-order valence-corrected chi connectivity index (χ1v) is 20.4. The van der Waals surface area contributed by atoms with Crippen LogP contribution in [0.15, 0.2) is 121 Å². The van der Waals surface area contributed by atoms with Crippen molar-refractivity contribution in [1.82, 2.24) is 0 Å². The summed E-state index contributed by atoms with van der Waals surface area (Å²) < 4.78 is 60.8. The van der Waals surface area contributed by atoms with Crippen molar-refractivity contribution in [1.29, 1.82) is 0 Å². The van der Waals surface area contributed by atoms with Crippen molar-refractivity contribution in [2.24, 2.45) is 0 Å². The molecule has 6 rings (SSSR count). The quantitative estimate of drug-likeness (QED) is 0.0167. The molecular formula is C48H40O21. The molecular weight excluding hydrogens is 913 g/mol. The van der Waals surface area contributed by atoms with E-state index in [1.54, 1.807) is 12.1 Å². The van der Waals surface area contributed by atoms with Crippen molar-refractivity contribution < 1.29 is 100.0 Å². The minimum absolute atomic E-state index is 0.0226. The summed E-state index contributed by atoms with van der Waals surface area (Å²) in [6.07, 6.45) is -7.17. The molecule has 358 valence electrons. The highest BCUT2D eigenvalue weighted by Gasteiger charge is 2.51. The van der Waals surface area contributed by atoms with Gasteiger partial charge in [0.05, 0.1) is 29.9 Å². The molecule has 2 aliphatic heterocycles. The lowest BCUT2D eigenvalue weighted by Gasteiger charge is -2.17. The molecule has 69 heavy (non-hydrogen) atoms. The number of fused-ring (bicyclic) bond motifs is 1. The molecule has 2 heterocycles. The molecule has 0 aromatic heterocycles. The Balaban J connectivity index is 0.898. The van der Waals surface area contributed by atoms with E-state index in [-0.39, 0.29) is 76.1 Å². The Bertz CT molecular complexity index is 2620. The molecule has 2 aliphatic rings. The molecule has 21 heteroatoms. The molecule has 0 radical (unpaired) electrons. The largest absolute Gasteiger partial charge is 0.524 e. The van der Waals surface area contributed by atoms with Crippen LogP contribution >= 0.6 is 0 Å². The van der Waals surface area contributed by atoms with Gasteiger partial charge in [-0.2, -0.15) is 0 Å². The van der Waals surface area contributed by atoms with E-state index in [0.29, 0.717) is 5.56 Å². The maximum absolute atomic E-state index is 13.1. The van der Waals surface area contributed by atoms with Crippen LogP contribution in [0.5, 0.6) is 17.2 Å². The summed E-state index contributed by atoms with van der Waals surface area (Å²) in [6.45, 7) is 8.03. The number of hydrogen-bond donors (Lipinski definition) is 0. The summed E-state index contributed by atoms with van der Waals surface area (Å²) in [5, 5.41) is 0. The zero-order chi connectivity index (χ0) is 49.6. The molecule has 0 spiro atoms. The van der Waals surface area contributed by atoms with Gasteiger partial charge in [-0.3, -0.25) is 4.79 Å². The first-order valence-electron chi connectivity index (χ1n) is 20.4. The summed E-state index contributed by atoms with van der Waals surface area (Å²) in [6, 6.07) is 22.5. The number of esters is 5. The Morgan fingerprint density at radius 3 is 1.33 bits per heavy atom. The summed E-state index contributed by atoms with van der Waals surface area (Å²) in [7, 11) is 0. The van der Waals surface area contributed by atoms with Crippen molar-refractivity contribution in [2.75, 3.05) is 26.8 Å². The number of carbonyl (C=O) groups excluding carboxylic acids is 9. The number of rotatable bonds is 17. The molecule has 0 bridgehead atoms. The van der Waals surface area contributed by atoms with Crippen LogP contribution in [-0.2, 0) is 58.6 Å². The van der Waals surface area contributed by atoms with Crippen molar-refractivity contribution in [3.63, 3.8) is 0 Å². The van der Waals surface area contributed by atoms with Crippen molar-refractivity contribution >= 4 is 54.1 Å². The Labute approximate surface area is 391 Å². The maximum atomic E-state index is 13.1. The fourth-order valence-corrected chi connectivity index (χ4v) is 6.13. The van der Waals surface area contributed by atoms with Gasteiger partial charge in [0.1, 0.15) is 29.5 Å². The molecule has 2 saturated heterocycles. The number of Topliss-reactive ketones (excluding diaryl/α,β-unsaturated/α-hetero) is 1. The van der Waals surface area contributed by atoms with E-state index >= 15 is 0 Å². The van der Waals surface area contributed by atoms with Crippen LogP contribution < -0.4 is 14.2 Å². The van der Waals surface area contributed by atoms with Crippen LogP contribution in [0.2, 0.25) is 0 Å². The predicted molar refractivity (Wildman–Crippen MR) is 229 cm³/mol. The van der Waals surface area contributed by atoms with Crippen molar-refractivity contribution in [3.8, 4) is 17.2 Å². The third-order valence-corrected chi connectivity index (χ3v) is 9.60. The smallest absolute Gasteiger partial charge is 0.453 e. The van der Waals surface area contributed by atoms with E-state index in [2.05, 4.69) is 36.8 Å². The summed E-state index contributed by atoms with van der Waals surface area (Å²) in [5.41, 5.74) is 1.49. The lowest BCUT2D eigenvalue weighted by molar-refractivity contribution is -0.149. The van der Waals surface area contributed by atoms with E-state index < -0.39 is 86.3 Å². The van der Waals surface area contributed by atoms with Gasteiger partial charge >= 0.3 is 48.3 Å². The number of ether oxygens (including phenoxy) is 12. The Hall–Kier alpha value is -8.69. The second-order valence-electron chi connectivity index (χ2n) is 14.7.